The zero-order valence-electron chi connectivity index (χ0n) is 25.4. The van der Waals surface area contributed by atoms with E-state index in [1.807, 2.05) is 48.5 Å². The molecular formula is C32H38N4O7S. The molecule has 5 N–H and O–H groups in total. The maximum Gasteiger partial charge on any atom is 0.408 e. The van der Waals surface area contributed by atoms with Crippen molar-refractivity contribution in [3.05, 3.63) is 82.4 Å². The van der Waals surface area contributed by atoms with E-state index in [0.29, 0.717) is 22.4 Å². The first kappa shape index (κ1) is 32.3. The molecule has 0 bridgehead atoms. The van der Waals surface area contributed by atoms with E-state index in [4.69, 9.17) is 15.2 Å². The summed E-state index contributed by atoms with van der Waals surface area (Å²) in [5, 5.41) is 12.4. The Bertz CT molecular complexity index is 1680. The fraction of sp³-hybridized carbons (Fsp3) is 0.344. The number of sulfonamides is 1. The molecule has 0 aliphatic heterocycles. The fourth-order valence-electron chi connectivity index (χ4n) is 5.58. The predicted molar refractivity (Wildman–Crippen MR) is 167 cm³/mol. The van der Waals surface area contributed by atoms with Crippen LogP contribution in [0.3, 0.4) is 0 Å². The van der Waals surface area contributed by atoms with Crippen LogP contribution in [-0.4, -0.2) is 57.3 Å². The van der Waals surface area contributed by atoms with Crippen molar-refractivity contribution in [1.29, 1.82) is 0 Å². The van der Waals surface area contributed by atoms with E-state index >= 15 is 0 Å². The van der Waals surface area contributed by atoms with Crippen LogP contribution in [0, 0.1) is 20.8 Å². The third kappa shape index (κ3) is 6.65. The van der Waals surface area contributed by atoms with Crippen molar-refractivity contribution in [2.24, 2.45) is 10.7 Å². The van der Waals surface area contributed by atoms with Crippen molar-refractivity contribution < 1.29 is 32.6 Å². The number of nitrogens with two attached hydrogens (primary N) is 1. The maximum atomic E-state index is 13.1. The summed E-state index contributed by atoms with van der Waals surface area (Å²) in [6, 6.07) is 17.5. The van der Waals surface area contributed by atoms with Gasteiger partial charge in [-0.05, 0) is 85.5 Å². The number of hydrogen-bond acceptors (Lipinski definition) is 7. The van der Waals surface area contributed by atoms with Gasteiger partial charge in [0, 0.05) is 12.5 Å². The summed E-state index contributed by atoms with van der Waals surface area (Å²) < 4.78 is 39.3. The lowest BCUT2D eigenvalue weighted by atomic mass is 9.96. The Morgan fingerprint density at radius 3 is 2.18 bits per heavy atom. The topological polar surface area (TPSA) is 169 Å². The number of fused-ring (bicyclic) bond motifs is 3. The van der Waals surface area contributed by atoms with E-state index in [1.54, 1.807) is 26.8 Å². The molecule has 0 heterocycles. The van der Waals surface area contributed by atoms with E-state index in [9.17, 15) is 23.1 Å². The lowest BCUT2D eigenvalue weighted by molar-refractivity contribution is -0.144. The third-order valence-corrected chi connectivity index (χ3v) is 9.66. The van der Waals surface area contributed by atoms with Crippen LogP contribution in [0.4, 0.5) is 4.79 Å². The molecule has 4 rings (SSSR count). The van der Waals surface area contributed by atoms with Crippen LogP contribution in [0.15, 0.2) is 64.5 Å². The minimum Gasteiger partial charge on any atom is -0.496 e. The molecule has 44 heavy (non-hydrogen) atoms. The first-order valence-electron chi connectivity index (χ1n) is 14.1. The summed E-state index contributed by atoms with van der Waals surface area (Å²) in [7, 11) is -2.53. The molecule has 1 atom stereocenters. The standard InChI is InChI=1S/C32H38N4O7S/c1-19-17-27(42-5)20(2)21(3)28(19)44(40,41)36-30(33)34-16-10-15-32(4,29(37)38)35-31(39)43-18-26-24-13-8-6-11-22(24)23-12-7-9-14-25(23)26/h6-9,11-14,17,26H,10,15-16,18H2,1-5H3,(H,35,39)(H,37,38)(H3,33,34,36)/t32-/m0/s1. The van der Waals surface area contributed by atoms with Gasteiger partial charge in [-0.3, -0.25) is 4.99 Å². The van der Waals surface area contributed by atoms with Gasteiger partial charge in [-0.25, -0.2) is 22.7 Å². The number of hydrogen-bond donors (Lipinski definition) is 4. The monoisotopic (exact) mass is 622 g/mol. The van der Waals surface area contributed by atoms with Gasteiger partial charge in [0.2, 0.25) is 5.96 Å². The van der Waals surface area contributed by atoms with Crippen molar-refractivity contribution in [2.45, 2.75) is 56.9 Å². The van der Waals surface area contributed by atoms with Crippen molar-refractivity contribution in [1.82, 2.24) is 10.0 Å². The summed E-state index contributed by atoms with van der Waals surface area (Å²) in [6.45, 7) is 6.55. The van der Waals surface area contributed by atoms with Gasteiger partial charge in [0.15, 0.2) is 0 Å². The SMILES string of the molecule is COc1cc(C)c(S(=O)(=O)NC(N)=NCCC[C@](C)(NC(=O)OCC2c3ccccc3-c3ccccc32)C(=O)O)c(C)c1C. The minimum absolute atomic E-state index is 0.00799. The number of nitrogens with one attached hydrogen (secondary N) is 2. The Kier molecular flexibility index (Phi) is 9.53. The zero-order valence-corrected chi connectivity index (χ0v) is 26.2. The Morgan fingerprint density at radius 1 is 1.02 bits per heavy atom. The predicted octanol–water partition coefficient (Wildman–Crippen LogP) is 4.38. The number of aliphatic imine (C=N–C) groups is 1. The lowest BCUT2D eigenvalue weighted by Crippen LogP contribution is -2.52. The van der Waals surface area contributed by atoms with Crippen molar-refractivity contribution in [3.63, 3.8) is 0 Å². The molecule has 11 nitrogen and oxygen atoms in total. The number of rotatable bonds is 11. The molecule has 234 valence electrons. The zero-order chi connectivity index (χ0) is 32.2. The molecule has 0 saturated heterocycles. The molecule has 0 aromatic heterocycles. The van der Waals surface area contributed by atoms with Gasteiger partial charge < -0.3 is 25.6 Å². The van der Waals surface area contributed by atoms with Gasteiger partial charge in [-0.2, -0.15) is 0 Å². The summed E-state index contributed by atoms with van der Waals surface area (Å²) in [6.07, 6.45) is -0.673. The number of amides is 1. The van der Waals surface area contributed by atoms with Crippen molar-refractivity contribution >= 4 is 28.0 Å². The molecule has 0 saturated carbocycles. The smallest absolute Gasteiger partial charge is 0.408 e. The number of nitrogens with zero attached hydrogens (tertiary/aromatic N) is 1. The second-order valence-electron chi connectivity index (χ2n) is 11.0. The molecule has 3 aromatic carbocycles. The molecule has 1 aliphatic carbocycles. The number of carboxylic acids is 1. The minimum atomic E-state index is -4.04. The Labute approximate surface area is 257 Å². The van der Waals surface area contributed by atoms with E-state index in [1.165, 1.54) is 14.0 Å². The third-order valence-electron chi connectivity index (χ3n) is 8.02. The van der Waals surface area contributed by atoms with Gasteiger partial charge in [-0.15, -0.1) is 0 Å². The average molecular weight is 623 g/mol. The number of alkyl carbamates (subject to hydrolysis) is 1. The number of aryl methyl sites for hydroxylation is 1. The Balaban J connectivity index is 1.34. The van der Waals surface area contributed by atoms with Crippen molar-refractivity contribution in [3.8, 4) is 16.9 Å². The second kappa shape index (κ2) is 13.0. The van der Waals surface area contributed by atoms with E-state index in [-0.39, 0.29) is 42.8 Å². The number of guanidine groups is 1. The van der Waals surface area contributed by atoms with E-state index in [2.05, 4.69) is 15.0 Å². The quantitative estimate of drug-likeness (QED) is 0.139. The number of methoxy groups -OCH3 is 1. The largest absolute Gasteiger partial charge is 0.496 e. The number of aliphatic carboxylic acids is 1. The molecule has 3 aromatic rings. The van der Waals surface area contributed by atoms with Gasteiger partial charge in [0.1, 0.15) is 17.9 Å². The summed E-state index contributed by atoms with van der Waals surface area (Å²) in [4.78, 5) is 29.0. The molecule has 0 radical (unpaired) electrons. The second-order valence-corrected chi connectivity index (χ2v) is 12.7. The first-order chi connectivity index (χ1) is 20.8. The van der Waals surface area contributed by atoms with Crippen LogP contribution >= 0.6 is 0 Å². The van der Waals surface area contributed by atoms with E-state index < -0.39 is 27.6 Å². The van der Waals surface area contributed by atoms with Crippen LogP contribution in [0.2, 0.25) is 0 Å². The average Bonchev–Trinajstić information content (AvgIpc) is 3.29. The highest BCUT2D eigenvalue weighted by molar-refractivity contribution is 7.90. The fourth-order valence-corrected chi connectivity index (χ4v) is 7.06. The van der Waals surface area contributed by atoms with E-state index in [0.717, 1.165) is 22.3 Å². The van der Waals surface area contributed by atoms with Gasteiger partial charge in [-0.1, -0.05) is 48.5 Å². The van der Waals surface area contributed by atoms with Crippen LogP contribution < -0.4 is 20.5 Å². The number of carbonyl (C=O) groups excluding carboxylic acids is 1. The molecule has 1 amide bonds. The van der Waals surface area contributed by atoms with Crippen molar-refractivity contribution in [2.75, 3.05) is 20.3 Å². The van der Waals surface area contributed by atoms with Gasteiger partial charge in [0.05, 0.1) is 12.0 Å². The normalized spacial score (nSPS) is 14.2. The molecule has 0 fully saturated rings. The van der Waals surface area contributed by atoms with Crippen LogP contribution in [0.1, 0.15) is 53.5 Å². The summed E-state index contributed by atoms with van der Waals surface area (Å²) in [5.41, 5.74) is 10.2. The molecule has 12 heteroatoms. The Morgan fingerprint density at radius 2 is 1.61 bits per heavy atom. The van der Waals surface area contributed by atoms with Gasteiger partial charge in [0.25, 0.3) is 10.0 Å². The molecular weight excluding hydrogens is 584 g/mol. The number of ether oxygens (including phenoxy) is 2. The molecule has 1 aliphatic rings. The maximum absolute atomic E-state index is 13.1. The first-order valence-corrected chi connectivity index (χ1v) is 15.6. The highest BCUT2D eigenvalue weighted by Gasteiger charge is 2.36. The number of carbonyl (C=O) groups is 2. The lowest BCUT2D eigenvalue weighted by Gasteiger charge is -2.26. The number of carboxylic acid groups (broad SMARTS) is 1. The van der Waals surface area contributed by atoms with Crippen LogP contribution in [-0.2, 0) is 19.6 Å². The number of benzene rings is 3. The summed E-state index contributed by atoms with van der Waals surface area (Å²) >= 11 is 0. The summed E-state index contributed by atoms with van der Waals surface area (Å²) in [5.74, 6) is -1.17. The highest BCUT2D eigenvalue weighted by atomic mass is 32.2. The molecule has 0 unspecified atom stereocenters. The van der Waals surface area contributed by atoms with Crippen LogP contribution in [0.5, 0.6) is 5.75 Å². The molecule has 0 spiro atoms. The van der Waals surface area contributed by atoms with Crippen LogP contribution in [0.25, 0.3) is 11.1 Å². The Hall–Kier alpha value is -4.58. The highest BCUT2D eigenvalue weighted by Crippen LogP contribution is 2.44. The van der Waals surface area contributed by atoms with Gasteiger partial charge >= 0.3 is 12.1 Å².